The standard InChI is InChI=1S/C9H17NO3.ClH/c1-12-9(11)6-8(10)7-2-4-13-5-3-7;/h7-8H,2-6,10H2,1H3;1H. The summed E-state index contributed by atoms with van der Waals surface area (Å²) in [6, 6.07) is -0.0728. The van der Waals surface area contributed by atoms with E-state index in [4.69, 9.17) is 10.5 Å². The van der Waals surface area contributed by atoms with Crippen molar-refractivity contribution < 1.29 is 14.3 Å². The van der Waals surface area contributed by atoms with E-state index in [9.17, 15) is 4.79 Å². The number of ether oxygens (including phenoxy) is 2. The Morgan fingerprint density at radius 1 is 1.57 bits per heavy atom. The topological polar surface area (TPSA) is 61.5 Å². The Bertz CT molecular complexity index is 171. The summed E-state index contributed by atoms with van der Waals surface area (Å²) in [5.41, 5.74) is 5.87. The number of carbonyl (C=O) groups excluding carboxylic acids is 1. The predicted octanol–water partition coefficient (Wildman–Crippen LogP) is 0.725. The Balaban J connectivity index is 0.00000169. The van der Waals surface area contributed by atoms with Gasteiger partial charge in [0, 0.05) is 19.3 Å². The summed E-state index contributed by atoms with van der Waals surface area (Å²) in [6.45, 7) is 1.53. The number of hydrogen-bond donors (Lipinski definition) is 1. The first kappa shape index (κ1) is 13.7. The van der Waals surface area contributed by atoms with Gasteiger partial charge in [-0.25, -0.2) is 0 Å². The molecule has 14 heavy (non-hydrogen) atoms. The normalized spacial score (nSPS) is 19.6. The fraction of sp³-hybridized carbons (Fsp3) is 0.889. The number of methoxy groups -OCH3 is 1. The van der Waals surface area contributed by atoms with Crippen molar-refractivity contribution in [1.82, 2.24) is 0 Å². The van der Waals surface area contributed by atoms with Crippen molar-refractivity contribution in [3.63, 3.8) is 0 Å². The zero-order chi connectivity index (χ0) is 9.68. The third-order valence-electron chi connectivity index (χ3n) is 2.50. The van der Waals surface area contributed by atoms with Crippen molar-refractivity contribution in [1.29, 1.82) is 0 Å². The lowest BCUT2D eigenvalue weighted by Crippen LogP contribution is -2.36. The molecule has 1 heterocycles. The van der Waals surface area contributed by atoms with Gasteiger partial charge in [-0.05, 0) is 18.8 Å². The van der Waals surface area contributed by atoms with Crippen molar-refractivity contribution in [3.05, 3.63) is 0 Å². The molecule has 1 atom stereocenters. The van der Waals surface area contributed by atoms with Crippen LogP contribution in [0.2, 0.25) is 0 Å². The molecule has 5 heteroatoms. The third-order valence-corrected chi connectivity index (χ3v) is 2.50. The number of nitrogens with two attached hydrogens (primary N) is 1. The number of halogens is 1. The van der Waals surface area contributed by atoms with Crippen LogP contribution in [-0.2, 0) is 14.3 Å². The van der Waals surface area contributed by atoms with E-state index in [2.05, 4.69) is 4.74 Å². The highest BCUT2D eigenvalue weighted by Crippen LogP contribution is 2.19. The van der Waals surface area contributed by atoms with Crippen LogP contribution >= 0.6 is 12.4 Å². The maximum Gasteiger partial charge on any atom is 0.307 e. The van der Waals surface area contributed by atoms with Crippen LogP contribution in [0.25, 0.3) is 0 Å². The van der Waals surface area contributed by atoms with Crippen LogP contribution in [0.1, 0.15) is 19.3 Å². The quantitative estimate of drug-likeness (QED) is 0.717. The van der Waals surface area contributed by atoms with Crippen molar-refractivity contribution >= 4 is 18.4 Å². The molecule has 0 aliphatic carbocycles. The van der Waals surface area contributed by atoms with Gasteiger partial charge in [-0.3, -0.25) is 4.79 Å². The van der Waals surface area contributed by atoms with E-state index in [-0.39, 0.29) is 24.4 Å². The van der Waals surface area contributed by atoms with Crippen LogP contribution in [0.5, 0.6) is 0 Å². The molecule has 1 unspecified atom stereocenters. The molecule has 0 radical (unpaired) electrons. The number of carbonyl (C=O) groups is 1. The summed E-state index contributed by atoms with van der Waals surface area (Å²) in [4.78, 5) is 10.9. The zero-order valence-corrected chi connectivity index (χ0v) is 9.22. The Labute approximate surface area is 90.5 Å². The molecule has 1 aliphatic rings. The average molecular weight is 224 g/mol. The second-order valence-electron chi connectivity index (χ2n) is 3.39. The van der Waals surface area contributed by atoms with Gasteiger partial charge in [0.15, 0.2) is 0 Å². The van der Waals surface area contributed by atoms with E-state index in [1.54, 1.807) is 0 Å². The van der Waals surface area contributed by atoms with Gasteiger partial charge in [-0.1, -0.05) is 0 Å². The first-order valence-corrected chi connectivity index (χ1v) is 4.64. The minimum Gasteiger partial charge on any atom is -0.469 e. The Morgan fingerprint density at radius 3 is 2.64 bits per heavy atom. The molecule has 0 aromatic heterocycles. The maximum absolute atomic E-state index is 10.9. The van der Waals surface area contributed by atoms with Gasteiger partial charge in [-0.15, -0.1) is 12.4 Å². The van der Waals surface area contributed by atoms with E-state index in [0.717, 1.165) is 26.1 Å². The molecule has 4 nitrogen and oxygen atoms in total. The molecule has 1 fully saturated rings. The summed E-state index contributed by atoms with van der Waals surface area (Å²) < 4.78 is 9.77. The van der Waals surface area contributed by atoms with Crippen molar-refractivity contribution in [2.24, 2.45) is 11.7 Å². The van der Waals surface area contributed by atoms with Gasteiger partial charge >= 0.3 is 5.97 Å². The average Bonchev–Trinajstić information content (AvgIpc) is 2.19. The number of hydrogen-bond acceptors (Lipinski definition) is 4. The highest BCUT2D eigenvalue weighted by atomic mass is 35.5. The minimum absolute atomic E-state index is 0. The molecule has 2 N–H and O–H groups in total. The van der Waals surface area contributed by atoms with Crippen molar-refractivity contribution in [2.45, 2.75) is 25.3 Å². The zero-order valence-electron chi connectivity index (χ0n) is 8.40. The highest BCUT2D eigenvalue weighted by molar-refractivity contribution is 5.85. The fourth-order valence-electron chi connectivity index (χ4n) is 1.59. The third kappa shape index (κ3) is 4.26. The van der Waals surface area contributed by atoms with E-state index in [1.165, 1.54) is 7.11 Å². The first-order chi connectivity index (χ1) is 6.24. The Kier molecular flexibility index (Phi) is 6.87. The van der Waals surface area contributed by atoms with Crippen molar-refractivity contribution in [3.8, 4) is 0 Å². The molecule has 0 amide bonds. The maximum atomic E-state index is 10.9. The van der Waals surface area contributed by atoms with Gasteiger partial charge in [0.1, 0.15) is 0 Å². The smallest absolute Gasteiger partial charge is 0.307 e. The second-order valence-corrected chi connectivity index (χ2v) is 3.39. The fourth-order valence-corrected chi connectivity index (χ4v) is 1.59. The largest absolute Gasteiger partial charge is 0.469 e. The molecule has 0 aromatic rings. The molecule has 0 spiro atoms. The van der Waals surface area contributed by atoms with Gasteiger partial charge in [-0.2, -0.15) is 0 Å². The molecule has 1 aliphatic heterocycles. The number of esters is 1. The summed E-state index contributed by atoms with van der Waals surface area (Å²) in [5, 5.41) is 0. The van der Waals surface area contributed by atoms with Crippen LogP contribution in [0, 0.1) is 5.92 Å². The predicted molar refractivity (Wildman–Crippen MR) is 55.4 cm³/mol. The molecular formula is C9H18ClNO3. The highest BCUT2D eigenvalue weighted by Gasteiger charge is 2.22. The molecule has 0 aromatic carbocycles. The van der Waals surface area contributed by atoms with Gasteiger partial charge in [0.25, 0.3) is 0 Å². The summed E-state index contributed by atoms with van der Waals surface area (Å²) in [5.74, 6) is 0.187. The monoisotopic (exact) mass is 223 g/mol. The van der Waals surface area contributed by atoms with Crippen LogP contribution in [0.15, 0.2) is 0 Å². The van der Waals surface area contributed by atoms with Gasteiger partial charge in [0.2, 0.25) is 0 Å². The molecule has 1 saturated heterocycles. The Hall–Kier alpha value is -0.320. The van der Waals surface area contributed by atoms with Crippen LogP contribution in [-0.4, -0.2) is 32.3 Å². The lowest BCUT2D eigenvalue weighted by atomic mass is 9.90. The van der Waals surface area contributed by atoms with Gasteiger partial charge in [0.05, 0.1) is 13.5 Å². The van der Waals surface area contributed by atoms with E-state index in [0.29, 0.717) is 12.3 Å². The molecule has 1 rings (SSSR count). The van der Waals surface area contributed by atoms with Crippen LogP contribution in [0.4, 0.5) is 0 Å². The molecular weight excluding hydrogens is 206 g/mol. The summed E-state index contributed by atoms with van der Waals surface area (Å²) in [6.07, 6.45) is 2.23. The van der Waals surface area contributed by atoms with Crippen LogP contribution in [0.3, 0.4) is 0 Å². The minimum atomic E-state index is -0.223. The van der Waals surface area contributed by atoms with Crippen LogP contribution < -0.4 is 5.73 Å². The van der Waals surface area contributed by atoms with Gasteiger partial charge < -0.3 is 15.2 Å². The van der Waals surface area contributed by atoms with E-state index in [1.807, 2.05) is 0 Å². The second kappa shape index (κ2) is 7.04. The van der Waals surface area contributed by atoms with Crippen molar-refractivity contribution in [2.75, 3.05) is 20.3 Å². The SMILES string of the molecule is COC(=O)CC(N)C1CCOCC1.Cl. The Morgan fingerprint density at radius 2 is 2.14 bits per heavy atom. The summed E-state index contributed by atoms with van der Waals surface area (Å²) in [7, 11) is 1.39. The lowest BCUT2D eigenvalue weighted by Gasteiger charge is -2.26. The first-order valence-electron chi connectivity index (χ1n) is 4.64. The van der Waals surface area contributed by atoms with E-state index < -0.39 is 0 Å². The number of rotatable bonds is 3. The molecule has 84 valence electrons. The molecule has 0 saturated carbocycles. The molecule has 0 bridgehead atoms. The van der Waals surface area contributed by atoms with E-state index >= 15 is 0 Å². The summed E-state index contributed by atoms with van der Waals surface area (Å²) >= 11 is 0. The lowest BCUT2D eigenvalue weighted by molar-refractivity contribution is -0.141.